The molecular weight excluding hydrogens is 559 g/mol. The number of allylic oxidation sites excluding steroid dienone is 4. The van der Waals surface area contributed by atoms with E-state index < -0.39 is 5.97 Å². The molecular formula is C34H65O2Sn. The van der Waals surface area contributed by atoms with Gasteiger partial charge in [-0.3, -0.25) is 0 Å². The van der Waals surface area contributed by atoms with Crippen LogP contribution in [0.2, 0.25) is 8.87 Å². The van der Waals surface area contributed by atoms with Crippen molar-refractivity contribution in [3.63, 3.8) is 0 Å². The van der Waals surface area contributed by atoms with E-state index in [0.717, 1.165) is 32.1 Å². The van der Waals surface area contributed by atoms with Gasteiger partial charge in [-0.05, 0) is 44.9 Å². The predicted molar refractivity (Wildman–Crippen MR) is 166 cm³/mol. The van der Waals surface area contributed by atoms with Gasteiger partial charge in [0.2, 0.25) is 0 Å². The van der Waals surface area contributed by atoms with Gasteiger partial charge in [-0.25, -0.2) is 0 Å². The van der Waals surface area contributed by atoms with E-state index in [1.54, 1.807) is 21.7 Å². The van der Waals surface area contributed by atoms with Gasteiger partial charge in [0, 0.05) is 5.97 Å². The molecule has 0 aliphatic carbocycles. The summed E-state index contributed by atoms with van der Waals surface area (Å²) in [6.07, 6.45) is 39.8. The number of carboxylic acid groups (broad SMARTS) is 1. The van der Waals surface area contributed by atoms with Crippen molar-refractivity contribution in [2.45, 2.75) is 184 Å². The van der Waals surface area contributed by atoms with Crippen molar-refractivity contribution in [3.8, 4) is 0 Å². The SMILES string of the molecule is CCCCC/C=C\C/C=C\CCCCCCCC(=O)[O-].CCCCCCC[CH2][Sn+][CH2]CCCCCCC. The average Bonchev–Trinajstić information content (AvgIpc) is 2.89. The Bertz CT molecular complexity index is 458. The van der Waals surface area contributed by atoms with Gasteiger partial charge in [0.1, 0.15) is 0 Å². The molecule has 0 unspecified atom stereocenters. The van der Waals surface area contributed by atoms with Crippen LogP contribution in [-0.2, 0) is 4.79 Å². The summed E-state index contributed by atoms with van der Waals surface area (Å²) in [4.78, 5) is 10.2. The van der Waals surface area contributed by atoms with Gasteiger partial charge in [-0.1, -0.05) is 63.3 Å². The van der Waals surface area contributed by atoms with Crippen LogP contribution in [-0.4, -0.2) is 27.1 Å². The quantitative estimate of drug-likeness (QED) is 0.0494. The van der Waals surface area contributed by atoms with E-state index in [4.69, 9.17) is 0 Å². The number of hydrogen-bond donors (Lipinski definition) is 0. The molecule has 2 nitrogen and oxygen atoms in total. The van der Waals surface area contributed by atoms with Crippen LogP contribution in [0.5, 0.6) is 0 Å². The summed E-state index contributed by atoms with van der Waals surface area (Å²) >= 11 is 0.0736. The van der Waals surface area contributed by atoms with Crippen molar-refractivity contribution < 1.29 is 9.90 Å². The summed E-state index contributed by atoms with van der Waals surface area (Å²) in [5, 5.41) is 10.2. The summed E-state index contributed by atoms with van der Waals surface area (Å²) in [6, 6.07) is 0. The Kier molecular flexibility index (Phi) is 39.8. The fraction of sp³-hybridized carbons (Fsp3) is 0.853. The molecule has 0 rings (SSSR count). The average molecular weight is 625 g/mol. The standard InChI is InChI=1S/C18H32O2.2C8H17.Sn/c1-2-3-4-5-6-7-8-9-10-11-12-13-14-15-16-17-18(19)20;2*1-3-5-7-8-6-4-2;/h6-7,9-10H,2-5,8,11-17H2,1H3,(H,19,20);2*1,3-8H2,2H3;/q;;;+1/p-1/b7-6-,10-9-;;;. The molecule has 0 saturated heterocycles. The van der Waals surface area contributed by atoms with Gasteiger partial charge in [-0.2, -0.15) is 0 Å². The van der Waals surface area contributed by atoms with Gasteiger partial charge < -0.3 is 9.90 Å². The summed E-state index contributed by atoms with van der Waals surface area (Å²) < 4.78 is 3.31. The third-order valence-corrected chi connectivity index (χ3v) is 10.8. The zero-order valence-electron chi connectivity index (χ0n) is 25.5. The fourth-order valence-corrected chi connectivity index (χ4v) is 7.83. The molecule has 0 amide bonds. The molecule has 0 bridgehead atoms. The molecule has 0 aliphatic heterocycles. The second-order valence-corrected chi connectivity index (χ2v) is 14.9. The molecule has 0 saturated carbocycles. The Labute approximate surface area is 244 Å². The molecule has 0 heterocycles. The van der Waals surface area contributed by atoms with E-state index in [2.05, 4.69) is 45.1 Å². The second kappa shape index (κ2) is 37.9. The van der Waals surface area contributed by atoms with Crippen molar-refractivity contribution >= 4 is 27.1 Å². The Morgan fingerprint density at radius 2 is 0.892 bits per heavy atom. The second-order valence-electron chi connectivity index (χ2n) is 10.6. The minimum absolute atomic E-state index is 0.0736. The monoisotopic (exact) mass is 625 g/mol. The van der Waals surface area contributed by atoms with Crippen LogP contribution < -0.4 is 5.11 Å². The van der Waals surface area contributed by atoms with Crippen LogP contribution in [0.25, 0.3) is 0 Å². The molecule has 217 valence electrons. The topological polar surface area (TPSA) is 40.1 Å². The third kappa shape index (κ3) is 43.1. The molecule has 0 aromatic heterocycles. The van der Waals surface area contributed by atoms with Crippen LogP contribution in [0.3, 0.4) is 0 Å². The number of aliphatic carboxylic acids is 1. The number of carbonyl (C=O) groups is 1. The van der Waals surface area contributed by atoms with Crippen LogP contribution >= 0.6 is 0 Å². The van der Waals surface area contributed by atoms with E-state index in [-0.39, 0.29) is 27.6 Å². The Balaban J connectivity index is 0. The van der Waals surface area contributed by atoms with Crippen molar-refractivity contribution in [1.82, 2.24) is 0 Å². The van der Waals surface area contributed by atoms with E-state index in [1.165, 1.54) is 103 Å². The number of rotatable bonds is 28. The van der Waals surface area contributed by atoms with Crippen LogP contribution in [0.4, 0.5) is 0 Å². The normalized spacial score (nSPS) is 11.2. The van der Waals surface area contributed by atoms with Gasteiger partial charge in [-0.15, -0.1) is 0 Å². The Morgan fingerprint density at radius 1 is 0.514 bits per heavy atom. The molecule has 0 atom stereocenters. The zero-order chi connectivity index (χ0) is 27.5. The number of unbranched alkanes of at least 4 members (excludes halogenated alkanes) is 18. The minimum atomic E-state index is -0.921. The molecule has 0 aromatic carbocycles. The van der Waals surface area contributed by atoms with Crippen molar-refractivity contribution in [2.24, 2.45) is 0 Å². The van der Waals surface area contributed by atoms with Crippen molar-refractivity contribution in [1.29, 1.82) is 0 Å². The number of carboxylic acids is 1. The van der Waals surface area contributed by atoms with Crippen LogP contribution in [0, 0.1) is 0 Å². The van der Waals surface area contributed by atoms with Crippen LogP contribution in [0.15, 0.2) is 24.3 Å². The summed E-state index contributed by atoms with van der Waals surface area (Å²) in [6.45, 7) is 6.83. The molecule has 3 heteroatoms. The molecule has 0 N–H and O–H groups in total. The van der Waals surface area contributed by atoms with Crippen molar-refractivity contribution in [3.05, 3.63) is 24.3 Å². The fourth-order valence-electron chi connectivity index (χ4n) is 4.27. The molecule has 0 fully saturated rings. The molecule has 1 radical (unpaired) electrons. The third-order valence-electron chi connectivity index (χ3n) is 6.75. The Hall–Kier alpha value is -0.251. The molecule has 37 heavy (non-hydrogen) atoms. The van der Waals surface area contributed by atoms with E-state index in [0.29, 0.717) is 0 Å². The van der Waals surface area contributed by atoms with E-state index in [1.807, 2.05) is 0 Å². The molecule has 0 aliphatic rings. The van der Waals surface area contributed by atoms with E-state index >= 15 is 0 Å². The number of carbonyl (C=O) groups excluding carboxylic acids is 1. The van der Waals surface area contributed by atoms with Crippen LogP contribution in [0.1, 0.15) is 175 Å². The first-order valence-electron chi connectivity index (χ1n) is 16.4. The van der Waals surface area contributed by atoms with Gasteiger partial charge >= 0.3 is 121 Å². The summed E-state index contributed by atoms with van der Waals surface area (Å²) in [5.41, 5.74) is 0. The number of hydrogen-bond acceptors (Lipinski definition) is 2. The Morgan fingerprint density at radius 3 is 1.38 bits per heavy atom. The molecule has 0 aromatic rings. The first kappa shape index (κ1) is 38.9. The zero-order valence-corrected chi connectivity index (χ0v) is 28.4. The van der Waals surface area contributed by atoms with Crippen molar-refractivity contribution in [2.75, 3.05) is 0 Å². The van der Waals surface area contributed by atoms with Gasteiger partial charge in [0.25, 0.3) is 0 Å². The maximum absolute atomic E-state index is 10.2. The first-order chi connectivity index (χ1) is 18.2. The first-order valence-corrected chi connectivity index (χ1v) is 20.4. The van der Waals surface area contributed by atoms with E-state index in [9.17, 15) is 9.90 Å². The maximum atomic E-state index is 10.2. The van der Waals surface area contributed by atoms with Gasteiger partial charge in [0.05, 0.1) is 0 Å². The molecule has 0 spiro atoms. The summed E-state index contributed by atoms with van der Waals surface area (Å²) in [5.74, 6) is -0.921. The van der Waals surface area contributed by atoms with Gasteiger partial charge in [0.15, 0.2) is 0 Å². The summed E-state index contributed by atoms with van der Waals surface area (Å²) in [7, 11) is 0. The predicted octanol–water partition coefficient (Wildman–Crippen LogP) is 10.8.